The summed E-state index contributed by atoms with van der Waals surface area (Å²) in [6.07, 6.45) is 3.65. The Balaban J connectivity index is 1.56. The highest BCUT2D eigenvalue weighted by atomic mass is 16.6. The number of carbonyl (C=O) groups is 2. The highest BCUT2D eigenvalue weighted by Gasteiger charge is 2.22. The highest BCUT2D eigenvalue weighted by Crippen LogP contribution is 2.17. The van der Waals surface area contributed by atoms with Gasteiger partial charge in [-0.05, 0) is 63.4 Å². The van der Waals surface area contributed by atoms with E-state index < -0.39 is 5.60 Å². The van der Waals surface area contributed by atoms with Crippen molar-refractivity contribution in [3.05, 3.63) is 65.6 Å². The van der Waals surface area contributed by atoms with Gasteiger partial charge in [0.05, 0.1) is 6.54 Å². The monoisotopic (exact) mass is 422 g/mol. The summed E-state index contributed by atoms with van der Waals surface area (Å²) in [6.45, 7) is 8.84. The molecule has 0 unspecified atom stereocenters. The Hall–Kier alpha value is -3.35. The van der Waals surface area contributed by atoms with Crippen molar-refractivity contribution < 1.29 is 14.3 Å². The molecule has 0 bridgehead atoms. The van der Waals surface area contributed by atoms with E-state index in [1.165, 1.54) is 0 Å². The molecule has 7 nitrogen and oxygen atoms in total. The van der Waals surface area contributed by atoms with E-state index >= 15 is 0 Å². The number of hydrogen-bond acceptors (Lipinski definition) is 4. The van der Waals surface area contributed by atoms with Gasteiger partial charge in [0.25, 0.3) is 5.91 Å². The molecule has 0 atom stereocenters. The number of nitrogens with zero attached hydrogens (tertiary/aromatic N) is 2. The molecule has 2 heterocycles. The van der Waals surface area contributed by atoms with Crippen LogP contribution >= 0.6 is 0 Å². The van der Waals surface area contributed by atoms with Gasteiger partial charge in [-0.25, -0.2) is 4.79 Å². The van der Waals surface area contributed by atoms with Gasteiger partial charge < -0.3 is 19.9 Å². The molecule has 0 spiro atoms. The molecule has 3 aromatic rings. The Morgan fingerprint density at radius 3 is 2.71 bits per heavy atom. The molecule has 2 N–H and O–H groups in total. The number of aromatic amines is 1. The van der Waals surface area contributed by atoms with Gasteiger partial charge in [-0.2, -0.15) is 0 Å². The van der Waals surface area contributed by atoms with E-state index in [4.69, 9.17) is 4.74 Å². The average molecular weight is 423 g/mol. The number of benzene rings is 1. The van der Waals surface area contributed by atoms with Crippen LogP contribution in [0.5, 0.6) is 0 Å². The molecule has 0 aliphatic carbocycles. The summed E-state index contributed by atoms with van der Waals surface area (Å²) >= 11 is 0. The van der Waals surface area contributed by atoms with Crippen LogP contribution in [0.2, 0.25) is 0 Å². The van der Waals surface area contributed by atoms with E-state index in [1.807, 2.05) is 64.1 Å². The fourth-order valence-electron chi connectivity index (χ4n) is 3.20. The highest BCUT2D eigenvalue weighted by molar-refractivity contribution is 5.98. The number of amides is 2. The van der Waals surface area contributed by atoms with Crippen molar-refractivity contribution in [2.75, 3.05) is 13.1 Å². The van der Waals surface area contributed by atoms with Crippen LogP contribution in [0.15, 0.2) is 48.8 Å². The number of ether oxygens (including phenoxy) is 1. The zero-order chi connectivity index (χ0) is 22.4. The maximum atomic E-state index is 12.6. The Morgan fingerprint density at radius 1 is 1.19 bits per heavy atom. The van der Waals surface area contributed by atoms with E-state index in [1.54, 1.807) is 17.3 Å². The van der Waals surface area contributed by atoms with Crippen molar-refractivity contribution in [1.29, 1.82) is 0 Å². The Morgan fingerprint density at radius 2 is 2.00 bits per heavy atom. The van der Waals surface area contributed by atoms with Crippen LogP contribution in [0, 0.1) is 6.92 Å². The number of H-pyrrole nitrogens is 1. The zero-order valence-corrected chi connectivity index (χ0v) is 18.6. The Bertz CT molecular complexity index is 1040. The van der Waals surface area contributed by atoms with Crippen LogP contribution in [0.3, 0.4) is 0 Å². The van der Waals surface area contributed by atoms with E-state index in [0.29, 0.717) is 31.7 Å². The molecule has 0 aliphatic rings. The van der Waals surface area contributed by atoms with Crippen molar-refractivity contribution in [3.63, 3.8) is 0 Å². The number of aromatic nitrogens is 2. The Labute approximate surface area is 182 Å². The summed E-state index contributed by atoms with van der Waals surface area (Å²) in [5.74, 6) is -0.162. The second-order valence-corrected chi connectivity index (χ2v) is 8.65. The lowest BCUT2D eigenvalue weighted by Gasteiger charge is -2.27. The summed E-state index contributed by atoms with van der Waals surface area (Å²) < 4.78 is 5.54. The first-order valence-electron chi connectivity index (χ1n) is 10.5. The van der Waals surface area contributed by atoms with Crippen molar-refractivity contribution in [1.82, 2.24) is 20.2 Å². The maximum Gasteiger partial charge on any atom is 0.410 e. The predicted molar refractivity (Wildman–Crippen MR) is 121 cm³/mol. The first-order valence-corrected chi connectivity index (χ1v) is 10.5. The molecule has 1 aromatic carbocycles. The molecule has 0 radical (unpaired) electrons. The first-order chi connectivity index (χ1) is 14.7. The van der Waals surface area contributed by atoms with Gasteiger partial charge in [-0.3, -0.25) is 9.78 Å². The molecule has 0 saturated heterocycles. The lowest BCUT2D eigenvalue weighted by molar-refractivity contribution is 0.0232. The first kappa shape index (κ1) is 22.3. The van der Waals surface area contributed by atoms with Gasteiger partial charge in [0.15, 0.2) is 0 Å². The predicted octanol–water partition coefficient (Wildman–Crippen LogP) is 4.43. The smallest absolute Gasteiger partial charge is 0.410 e. The average Bonchev–Trinajstić information content (AvgIpc) is 3.13. The SMILES string of the molecule is Cc1ccc2cc(C(=O)NCCCN(Cc3cccnc3)C(=O)OC(C)(C)C)[nH]c2c1. The second kappa shape index (κ2) is 9.64. The quantitative estimate of drug-likeness (QED) is 0.552. The molecule has 3 rings (SSSR count). The number of rotatable bonds is 7. The third kappa shape index (κ3) is 6.57. The third-order valence-corrected chi connectivity index (χ3v) is 4.66. The van der Waals surface area contributed by atoms with Crippen LogP contribution in [0.1, 0.15) is 48.8 Å². The second-order valence-electron chi connectivity index (χ2n) is 8.65. The summed E-state index contributed by atoms with van der Waals surface area (Å²) in [6, 6.07) is 11.6. The van der Waals surface area contributed by atoms with E-state index in [9.17, 15) is 9.59 Å². The van der Waals surface area contributed by atoms with Crippen molar-refractivity contribution in [3.8, 4) is 0 Å². The molecular weight excluding hydrogens is 392 g/mol. The fraction of sp³-hybridized carbons (Fsp3) is 0.375. The van der Waals surface area contributed by atoms with Crippen LogP contribution in [-0.4, -0.2) is 45.6 Å². The zero-order valence-electron chi connectivity index (χ0n) is 18.6. The lowest BCUT2D eigenvalue weighted by Crippen LogP contribution is -2.38. The molecule has 2 aromatic heterocycles. The number of pyridine rings is 1. The minimum Gasteiger partial charge on any atom is -0.444 e. The minimum absolute atomic E-state index is 0.162. The normalized spacial score (nSPS) is 11.4. The molecule has 31 heavy (non-hydrogen) atoms. The summed E-state index contributed by atoms with van der Waals surface area (Å²) in [7, 11) is 0. The van der Waals surface area contributed by atoms with E-state index in [-0.39, 0.29) is 12.0 Å². The van der Waals surface area contributed by atoms with E-state index in [2.05, 4.69) is 15.3 Å². The summed E-state index contributed by atoms with van der Waals surface area (Å²) in [5, 5.41) is 3.92. The number of nitrogens with one attached hydrogen (secondary N) is 2. The van der Waals surface area contributed by atoms with Gasteiger partial charge in [-0.15, -0.1) is 0 Å². The molecular formula is C24H30N4O3. The molecule has 0 aliphatic heterocycles. The number of carbonyl (C=O) groups excluding carboxylic acids is 2. The van der Waals surface area contributed by atoms with Crippen LogP contribution in [-0.2, 0) is 11.3 Å². The fourth-order valence-corrected chi connectivity index (χ4v) is 3.20. The number of hydrogen-bond donors (Lipinski definition) is 2. The lowest BCUT2D eigenvalue weighted by atomic mass is 10.2. The molecule has 0 saturated carbocycles. The molecule has 0 fully saturated rings. The largest absolute Gasteiger partial charge is 0.444 e. The van der Waals surface area contributed by atoms with Crippen molar-refractivity contribution in [2.45, 2.75) is 46.3 Å². The van der Waals surface area contributed by atoms with Crippen LogP contribution < -0.4 is 5.32 Å². The maximum absolute atomic E-state index is 12.6. The van der Waals surface area contributed by atoms with Gasteiger partial charge in [0.2, 0.25) is 0 Å². The third-order valence-electron chi connectivity index (χ3n) is 4.66. The standard InChI is InChI=1S/C24H30N4O3/c1-17-8-9-19-14-21(27-20(19)13-17)22(29)26-11-6-12-28(23(30)31-24(2,3)4)16-18-7-5-10-25-15-18/h5,7-10,13-15,27H,6,11-12,16H2,1-4H3,(H,26,29). The van der Waals surface area contributed by atoms with Gasteiger partial charge in [-0.1, -0.05) is 18.2 Å². The summed E-state index contributed by atoms with van der Waals surface area (Å²) in [5.41, 5.74) is 2.95. The van der Waals surface area contributed by atoms with E-state index in [0.717, 1.165) is 22.0 Å². The molecule has 2 amide bonds. The van der Waals surface area contributed by atoms with Crippen LogP contribution in [0.25, 0.3) is 10.9 Å². The summed E-state index contributed by atoms with van der Waals surface area (Å²) in [4.78, 5) is 34.0. The van der Waals surface area contributed by atoms with Crippen LogP contribution in [0.4, 0.5) is 4.79 Å². The van der Waals surface area contributed by atoms with Gasteiger partial charge in [0.1, 0.15) is 11.3 Å². The topological polar surface area (TPSA) is 87.3 Å². The number of aryl methyl sites for hydroxylation is 1. The van der Waals surface area contributed by atoms with Crippen molar-refractivity contribution in [2.24, 2.45) is 0 Å². The molecule has 164 valence electrons. The number of fused-ring (bicyclic) bond motifs is 1. The minimum atomic E-state index is -0.577. The van der Waals surface area contributed by atoms with Gasteiger partial charge >= 0.3 is 6.09 Å². The molecule has 7 heteroatoms. The van der Waals surface area contributed by atoms with Gasteiger partial charge in [0, 0.05) is 36.4 Å². The Kier molecular flexibility index (Phi) is 6.95. The van der Waals surface area contributed by atoms with Crippen molar-refractivity contribution >= 4 is 22.9 Å².